The van der Waals surface area contributed by atoms with Crippen LogP contribution in [-0.2, 0) is 10.0 Å². The van der Waals surface area contributed by atoms with E-state index >= 15 is 0 Å². The first-order chi connectivity index (χ1) is 11.5. The molecule has 9 heteroatoms. The third-order valence-electron chi connectivity index (χ3n) is 5.11. The Labute approximate surface area is 155 Å². The summed E-state index contributed by atoms with van der Waals surface area (Å²) in [6, 6.07) is 1.31. The number of sulfonamides is 1. The number of hydrogen-bond donors (Lipinski definition) is 3. The first kappa shape index (κ1) is 20.2. The third kappa shape index (κ3) is 4.55. The molecule has 0 bridgehead atoms. The van der Waals surface area contributed by atoms with Gasteiger partial charge in [-0.25, -0.2) is 13.1 Å². The molecule has 1 aliphatic carbocycles. The topological polar surface area (TPSA) is 108 Å². The molecule has 4 N–H and O–H groups in total. The predicted octanol–water partition coefficient (Wildman–Crippen LogP) is 1.47. The molecule has 2 fully saturated rings. The predicted molar refractivity (Wildman–Crippen MR) is 98.3 cm³/mol. The van der Waals surface area contributed by atoms with Crippen LogP contribution in [0.25, 0.3) is 0 Å². The lowest BCUT2D eigenvalue weighted by Crippen LogP contribution is -2.44. The van der Waals surface area contributed by atoms with Crippen molar-refractivity contribution in [1.82, 2.24) is 14.6 Å². The number of amides is 1. The highest BCUT2D eigenvalue weighted by atomic mass is 35.5. The Balaban J connectivity index is 0.00000225. The van der Waals surface area contributed by atoms with Gasteiger partial charge in [-0.05, 0) is 44.2 Å². The summed E-state index contributed by atoms with van der Waals surface area (Å²) in [5.74, 6) is 0.0459. The molecule has 1 aromatic rings. The first-order valence-corrected chi connectivity index (χ1v) is 10.2. The maximum absolute atomic E-state index is 12.6. The van der Waals surface area contributed by atoms with Gasteiger partial charge in [0.1, 0.15) is 10.6 Å². The van der Waals surface area contributed by atoms with Gasteiger partial charge in [0.25, 0.3) is 5.91 Å². The summed E-state index contributed by atoms with van der Waals surface area (Å²) in [5.41, 5.74) is 6.10. The Morgan fingerprint density at radius 2 is 1.92 bits per heavy atom. The molecule has 25 heavy (non-hydrogen) atoms. The molecule has 2 atom stereocenters. The molecule has 0 aromatic carbocycles. The van der Waals surface area contributed by atoms with Crippen LogP contribution in [0.4, 0.5) is 0 Å². The number of carbonyl (C=O) groups excluding carboxylic acids is 1. The third-order valence-corrected chi connectivity index (χ3v) is 6.58. The van der Waals surface area contributed by atoms with Gasteiger partial charge in [-0.3, -0.25) is 4.79 Å². The van der Waals surface area contributed by atoms with Crippen molar-refractivity contribution >= 4 is 28.3 Å². The van der Waals surface area contributed by atoms with Crippen molar-refractivity contribution < 1.29 is 13.2 Å². The minimum absolute atomic E-state index is 0. The molecule has 1 amide bonds. The number of hydrogen-bond acceptors (Lipinski definition) is 4. The minimum Gasteiger partial charge on any atom is -0.356 e. The number of H-pyrrole nitrogens is 1. The van der Waals surface area contributed by atoms with E-state index in [1.807, 2.05) is 0 Å². The highest BCUT2D eigenvalue weighted by molar-refractivity contribution is 7.89. The van der Waals surface area contributed by atoms with Crippen LogP contribution in [0.2, 0.25) is 0 Å². The standard InChI is InChI=1S/C16H26N4O3S.ClH/c17-10-12-5-1-2-6-14(12)19-24(22,23)13-9-15(18-11-13)16(21)20-7-3-4-8-20;/h9,11-12,14,18-19H,1-8,10,17H2;1H. The van der Waals surface area contributed by atoms with Crippen molar-refractivity contribution in [2.24, 2.45) is 11.7 Å². The van der Waals surface area contributed by atoms with Gasteiger partial charge in [0.05, 0.1) is 0 Å². The Hall–Kier alpha value is -1.09. The molecule has 2 unspecified atom stereocenters. The van der Waals surface area contributed by atoms with Gasteiger partial charge in [0, 0.05) is 25.3 Å². The van der Waals surface area contributed by atoms with Crippen molar-refractivity contribution in [3.05, 3.63) is 18.0 Å². The zero-order chi connectivity index (χ0) is 17.2. The number of aromatic nitrogens is 1. The van der Waals surface area contributed by atoms with Crippen molar-refractivity contribution in [2.45, 2.75) is 49.5 Å². The zero-order valence-electron chi connectivity index (χ0n) is 14.2. The van der Waals surface area contributed by atoms with Crippen LogP contribution in [0.3, 0.4) is 0 Å². The fraction of sp³-hybridized carbons (Fsp3) is 0.688. The van der Waals surface area contributed by atoms with Crippen molar-refractivity contribution in [3.63, 3.8) is 0 Å². The van der Waals surface area contributed by atoms with E-state index in [4.69, 9.17) is 5.73 Å². The molecule has 1 saturated heterocycles. The smallest absolute Gasteiger partial charge is 0.270 e. The van der Waals surface area contributed by atoms with Crippen LogP contribution >= 0.6 is 12.4 Å². The fourth-order valence-electron chi connectivity index (χ4n) is 3.66. The second-order valence-corrected chi connectivity index (χ2v) is 8.47. The molecular weight excluding hydrogens is 364 g/mol. The van der Waals surface area contributed by atoms with E-state index in [1.165, 1.54) is 12.3 Å². The van der Waals surface area contributed by atoms with Crippen LogP contribution in [0.15, 0.2) is 17.2 Å². The second-order valence-electron chi connectivity index (χ2n) is 6.76. The molecule has 0 spiro atoms. The quantitative estimate of drug-likeness (QED) is 0.707. The molecule has 1 saturated carbocycles. The maximum atomic E-state index is 12.6. The van der Waals surface area contributed by atoms with Crippen LogP contribution in [0.1, 0.15) is 49.0 Å². The van der Waals surface area contributed by atoms with E-state index in [1.54, 1.807) is 4.90 Å². The lowest BCUT2D eigenvalue weighted by Gasteiger charge is -2.30. The van der Waals surface area contributed by atoms with E-state index in [-0.39, 0.29) is 35.2 Å². The normalized spacial score (nSPS) is 24.1. The molecular formula is C16H27ClN4O3S. The first-order valence-electron chi connectivity index (χ1n) is 8.71. The van der Waals surface area contributed by atoms with Crippen molar-refractivity contribution in [2.75, 3.05) is 19.6 Å². The molecule has 142 valence electrons. The fourth-order valence-corrected chi connectivity index (χ4v) is 4.99. The number of nitrogens with one attached hydrogen (secondary N) is 2. The van der Waals surface area contributed by atoms with Crippen LogP contribution in [0.5, 0.6) is 0 Å². The van der Waals surface area contributed by atoms with Gasteiger partial charge in [-0.15, -0.1) is 12.4 Å². The van der Waals surface area contributed by atoms with Gasteiger partial charge in [0.15, 0.2) is 0 Å². The summed E-state index contributed by atoms with van der Waals surface area (Å²) in [6.07, 6.45) is 7.27. The molecule has 7 nitrogen and oxygen atoms in total. The summed E-state index contributed by atoms with van der Waals surface area (Å²) in [5, 5.41) is 0. The number of nitrogens with zero attached hydrogens (tertiary/aromatic N) is 1. The van der Waals surface area contributed by atoms with Crippen LogP contribution in [-0.4, -0.2) is 49.9 Å². The number of likely N-dealkylation sites (tertiary alicyclic amines) is 1. The van der Waals surface area contributed by atoms with Gasteiger partial charge in [-0.2, -0.15) is 0 Å². The average molecular weight is 391 g/mol. The highest BCUT2D eigenvalue weighted by Crippen LogP contribution is 2.25. The van der Waals surface area contributed by atoms with E-state index in [0.29, 0.717) is 12.2 Å². The average Bonchev–Trinajstić information content (AvgIpc) is 3.26. The van der Waals surface area contributed by atoms with Gasteiger partial charge in [-0.1, -0.05) is 12.8 Å². The minimum atomic E-state index is -3.65. The monoisotopic (exact) mass is 390 g/mol. The Kier molecular flexibility index (Phi) is 6.90. The lowest BCUT2D eigenvalue weighted by atomic mass is 9.85. The zero-order valence-corrected chi connectivity index (χ0v) is 15.9. The number of aromatic amines is 1. The lowest BCUT2D eigenvalue weighted by molar-refractivity contribution is 0.0787. The molecule has 2 heterocycles. The maximum Gasteiger partial charge on any atom is 0.270 e. The molecule has 0 radical (unpaired) electrons. The number of rotatable bonds is 5. The number of carbonyl (C=O) groups is 1. The number of halogens is 1. The second kappa shape index (κ2) is 8.53. The Morgan fingerprint density at radius 1 is 1.24 bits per heavy atom. The van der Waals surface area contributed by atoms with Crippen molar-refractivity contribution in [3.8, 4) is 0 Å². The highest BCUT2D eigenvalue weighted by Gasteiger charge is 2.30. The van der Waals surface area contributed by atoms with E-state index in [0.717, 1.165) is 51.6 Å². The summed E-state index contributed by atoms with van der Waals surface area (Å²) in [6.45, 7) is 1.95. The van der Waals surface area contributed by atoms with Crippen LogP contribution in [0, 0.1) is 5.92 Å². The molecule has 1 aromatic heterocycles. The summed E-state index contributed by atoms with van der Waals surface area (Å²) < 4.78 is 28.0. The van der Waals surface area contributed by atoms with Gasteiger partial charge in [0.2, 0.25) is 10.0 Å². The summed E-state index contributed by atoms with van der Waals surface area (Å²) in [7, 11) is -3.65. The van der Waals surface area contributed by atoms with Crippen LogP contribution < -0.4 is 10.5 Å². The largest absolute Gasteiger partial charge is 0.356 e. The van der Waals surface area contributed by atoms with E-state index in [2.05, 4.69) is 9.71 Å². The van der Waals surface area contributed by atoms with Gasteiger partial charge < -0.3 is 15.6 Å². The molecule has 3 rings (SSSR count). The Morgan fingerprint density at radius 3 is 2.60 bits per heavy atom. The van der Waals surface area contributed by atoms with E-state index < -0.39 is 10.0 Å². The SMILES string of the molecule is Cl.NCC1CCCCC1NS(=O)(=O)c1c[nH]c(C(=O)N2CCCC2)c1. The Bertz CT molecular complexity index is 685. The van der Waals surface area contributed by atoms with Gasteiger partial charge >= 0.3 is 0 Å². The molecule has 1 aliphatic heterocycles. The van der Waals surface area contributed by atoms with E-state index in [9.17, 15) is 13.2 Å². The van der Waals surface area contributed by atoms with Crippen molar-refractivity contribution in [1.29, 1.82) is 0 Å². The molecule has 2 aliphatic rings. The summed E-state index contributed by atoms with van der Waals surface area (Å²) >= 11 is 0. The summed E-state index contributed by atoms with van der Waals surface area (Å²) in [4.78, 5) is 17.0. The number of nitrogens with two attached hydrogens (primary N) is 1.